The molecule has 0 radical (unpaired) electrons. The lowest BCUT2D eigenvalue weighted by Crippen LogP contribution is -2.56. The molecule has 2 aliphatic rings. The Morgan fingerprint density at radius 3 is 2.29 bits per heavy atom. The van der Waals surface area contributed by atoms with Gasteiger partial charge in [0.25, 0.3) is 0 Å². The van der Waals surface area contributed by atoms with Crippen molar-refractivity contribution in [3.05, 3.63) is 108 Å². The Bertz CT molecular complexity index is 1440. The fourth-order valence-corrected chi connectivity index (χ4v) is 7.06. The predicted octanol–water partition coefficient (Wildman–Crippen LogP) is 8.15. The summed E-state index contributed by atoms with van der Waals surface area (Å²) in [5.41, 5.74) is 4.53. The van der Waals surface area contributed by atoms with Crippen LogP contribution in [0.4, 0.5) is 4.79 Å². The smallest absolute Gasteiger partial charge is 0.408 e. The van der Waals surface area contributed by atoms with Crippen molar-refractivity contribution in [2.75, 3.05) is 13.1 Å². The molecule has 5 nitrogen and oxygen atoms in total. The topological polar surface area (TPSA) is 53.0 Å². The molecule has 5 heteroatoms. The quantitative estimate of drug-likeness (QED) is 0.241. The fourth-order valence-electron chi connectivity index (χ4n) is 7.06. The van der Waals surface area contributed by atoms with Gasteiger partial charge in [-0.15, -0.1) is 0 Å². The molecule has 0 spiro atoms. The first-order chi connectivity index (χ1) is 20.1. The first kappa shape index (κ1) is 27.5. The zero-order chi connectivity index (χ0) is 28.2. The number of carbonyl (C=O) groups is 1. The van der Waals surface area contributed by atoms with Crippen LogP contribution in [0.3, 0.4) is 0 Å². The van der Waals surface area contributed by atoms with E-state index < -0.39 is 6.09 Å². The molecular weight excluding hydrogens is 508 g/mol. The van der Waals surface area contributed by atoms with E-state index in [0.717, 1.165) is 47.8 Å². The summed E-state index contributed by atoms with van der Waals surface area (Å²) >= 11 is 0. The molecule has 1 heterocycles. The first-order valence-electron chi connectivity index (χ1n) is 15.1. The highest BCUT2D eigenvalue weighted by Crippen LogP contribution is 2.39. The number of hydrogen-bond acceptors (Lipinski definition) is 3. The molecule has 4 atom stereocenters. The largest absolute Gasteiger partial charge is 0.465 e. The monoisotopic (exact) mass is 548 g/mol. The number of likely N-dealkylation sites (tertiary alicyclic amines) is 1. The Kier molecular flexibility index (Phi) is 8.36. The van der Waals surface area contributed by atoms with Crippen molar-refractivity contribution in [1.29, 1.82) is 0 Å². The standard InChI is InChI=1S/C36H40N2O3/c1-26(31-16-10-14-30-13-6-7-15-32(30)31)38(36(39)40)35-33(37-23-8-3-9-24-37)21-22-34(35)41-25-27-17-19-29(20-18-27)28-11-4-2-5-12-28/h2,4-7,10-20,26,33-35H,3,8-9,21-25H2,1H3,(H,39,40)/t26-,33-,34+,35?/m1/s1. The van der Waals surface area contributed by atoms with Crippen LogP contribution in [0.15, 0.2) is 97.1 Å². The molecule has 1 amide bonds. The SMILES string of the molecule is C[C@H](c1cccc2ccccc12)N(C(=O)O)C1[C@@H](OCc2ccc(-c3ccccc3)cc2)CC[C@H]1N1CCCCC1. The molecule has 1 N–H and O–H groups in total. The van der Waals surface area contributed by atoms with Crippen LogP contribution in [0.25, 0.3) is 21.9 Å². The van der Waals surface area contributed by atoms with Crippen molar-refractivity contribution in [2.24, 2.45) is 0 Å². The van der Waals surface area contributed by atoms with E-state index in [1.54, 1.807) is 4.90 Å². The van der Waals surface area contributed by atoms with Gasteiger partial charge in [-0.3, -0.25) is 9.80 Å². The highest BCUT2D eigenvalue weighted by atomic mass is 16.5. The van der Waals surface area contributed by atoms with E-state index in [1.807, 2.05) is 31.2 Å². The van der Waals surface area contributed by atoms with Gasteiger partial charge in [0.15, 0.2) is 0 Å². The van der Waals surface area contributed by atoms with Crippen molar-refractivity contribution in [3.8, 4) is 11.1 Å². The Morgan fingerprint density at radius 2 is 1.54 bits per heavy atom. The van der Waals surface area contributed by atoms with Gasteiger partial charge >= 0.3 is 6.09 Å². The minimum Gasteiger partial charge on any atom is -0.465 e. The molecule has 1 saturated carbocycles. The summed E-state index contributed by atoms with van der Waals surface area (Å²) in [6.07, 6.45) is 4.38. The summed E-state index contributed by atoms with van der Waals surface area (Å²) in [5.74, 6) is 0. The lowest BCUT2D eigenvalue weighted by Gasteiger charge is -2.43. The van der Waals surface area contributed by atoms with E-state index >= 15 is 0 Å². The second-order valence-electron chi connectivity index (χ2n) is 11.6. The van der Waals surface area contributed by atoms with Crippen LogP contribution >= 0.6 is 0 Å². The van der Waals surface area contributed by atoms with Gasteiger partial charge in [-0.2, -0.15) is 0 Å². The van der Waals surface area contributed by atoms with Crippen molar-refractivity contribution in [2.45, 2.75) is 69.9 Å². The average molecular weight is 549 g/mol. The van der Waals surface area contributed by atoms with E-state index in [2.05, 4.69) is 77.7 Å². The molecule has 1 saturated heterocycles. The predicted molar refractivity (Wildman–Crippen MR) is 165 cm³/mol. The summed E-state index contributed by atoms with van der Waals surface area (Å²) in [6.45, 7) is 4.58. The summed E-state index contributed by atoms with van der Waals surface area (Å²) in [7, 11) is 0. The summed E-state index contributed by atoms with van der Waals surface area (Å²) in [6, 6.07) is 33.0. The zero-order valence-corrected chi connectivity index (χ0v) is 23.9. The van der Waals surface area contributed by atoms with Crippen LogP contribution < -0.4 is 0 Å². The van der Waals surface area contributed by atoms with Crippen LogP contribution in [0.1, 0.15) is 56.2 Å². The van der Waals surface area contributed by atoms with Crippen molar-refractivity contribution >= 4 is 16.9 Å². The lowest BCUT2D eigenvalue weighted by molar-refractivity contribution is -0.0330. The Balaban J connectivity index is 1.27. The normalized spacial score (nSPS) is 22.0. The van der Waals surface area contributed by atoms with Crippen LogP contribution in [-0.2, 0) is 11.3 Å². The molecule has 4 aromatic rings. The molecule has 1 unspecified atom stereocenters. The molecule has 41 heavy (non-hydrogen) atoms. The highest BCUT2D eigenvalue weighted by Gasteiger charge is 2.47. The second-order valence-corrected chi connectivity index (χ2v) is 11.6. The zero-order valence-electron chi connectivity index (χ0n) is 23.9. The third-order valence-corrected chi connectivity index (χ3v) is 9.14. The lowest BCUT2D eigenvalue weighted by atomic mass is 9.95. The molecule has 4 aromatic carbocycles. The van der Waals surface area contributed by atoms with Gasteiger partial charge in [0, 0.05) is 6.04 Å². The van der Waals surface area contributed by atoms with Crippen molar-refractivity contribution in [3.63, 3.8) is 0 Å². The fraction of sp³-hybridized carbons (Fsp3) is 0.361. The molecule has 6 rings (SSSR count). The van der Waals surface area contributed by atoms with Crippen molar-refractivity contribution < 1.29 is 14.6 Å². The maximum atomic E-state index is 13.1. The number of benzene rings is 4. The number of ether oxygens (including phenoxy) is 1. The van der Waals surface area contributed by atoms with Crippen LogP contribution in [0, 0.1) is 0 Å². The maximum absolute atomic E-state index is 13.1. The van der Waals surface area contributed by atoms with Gasteiger partial charge in [0.2, 0.25) is 0 Å². The Labute approximate surface area is 243 Å². The van der Waals surface area contributed by atoms with Crippen LogP contribution in [0.5, 0.6) is 0 Å². The van der Waals surface area contributed by atoms with Gasteiger partial charge in [0.05, 0.1) is 24.8 Å². The van der Waals surface area contributed by atoms with Crippen LogP contribution in [0.2, 0.25) is 0 Å². The summed E-state index contributed by atoms with van der Waals surface area (Å²) < 4.78 is 6.64. The minimum atomic E-state index is -0.875. The Hall–Kier alpha value is -3.67. The number of carboxylic acid groups (broad SMARTS) is 1. The summed E-state index contributed by atoms with van der Waals surface area (Å²) in [5, 5.41) is 13.0. The number of hydrogen-bond donors (Lipinski definition) is 1. The van der Waals surface area contributed by atoms with Crippen molar-refractivity contribution in [1.82, 2.24) is 9.80 Å². The van der Waals surface area contributed by atoms with Gasteiger partial charge in [-0.25, -0.2) is 4.79 Å². The molecule has 0 bridgehead atoms. The van der Waals surface area contributed by atoms with Gasteiger partial charge < -0.3 is 9.84 Å². The maximum Gasteiger partial charge on any atom is 0.408 e. The molecule has 212 valence electrons. The second kappa shape index (κ2) is 12.5. The molecule has 2 fully saturated rings. The van der Waals surface area contributed by atoms with E-state index in [-0.39, 0.29) is 24.2 Å². The number of nitrogens with zero attached hydrogens (tertiary/aromatic N) is 2. The van der Waals surface area contributed by atoms with Crippen LogP contribution in [-0.4, -0.2) is 52.3 Å². The number of piperidine rings is 1. The Morgan fingerprint density at radius 1 is 0.854 bits per heavy atom. The van der Waals surface area contributed by atoms with E-state index in [9.17, 15) is 9.90 Å². The first-order valence-corrected chi connectivity index (χ1v) is 15.1. The molecule has 1 aliphatic heterocycles. The molecule has 0 aromatic heterocycles. The van der Waals surface area contributed by atoms with E-state index in [0.29, 0.717) is 6.61 Å². The van der Waals surface area contributed by atoms with Gasteiger partial charge in [-0.05, 0) is 78.7 Å². The third kappa shape index (κ3) is 5.88. The van der Waals surface area contributed by atoms with Gasteiger partial charge in [0.1, 0.15) is 0 Å². The van der Waals surface area contributed by atoms with Gasteiger partial charge in [-0.1, -0.05) is 103 Å². The highest BCUT2D eigenvalue weighted by molar-refractivity contribution is 5.86. The number of fused-ring (bicyclic) bond motifs is 1. The average Bonchev–Trinajstić information content (AvgIpc) is 3.44. The summed E-state index contributed by atoms with van der Waals surface area (Å²) in [4.78, 5) is 17.4. The minimum absolute atomic E-state index is 0.161. The number of rotatable bonds is 8. The third-order valence-electron chi connectivity index (χ3n) is 9.14. The molecular formula is C36H40N2O3. The van der Waals surface area contributed by atoms with E-state index in [1.165, 1.54) is 30.4 Å². The molecule has 1 aliphatic carbocycles. The number of amides is 1. The van der Waals surface area contributed by atoms with E-state index in [4.69, 9.17) is 4.74 Å².